The predicted octanol–water partition coefficient (Wildman–Crippen LogP) is 0.482. The summed E-state index contributed by atoms with van der Waals surface area (Å²) in [5, 5.41) is 0. The monoisotopic (exact) mass is 280 g/mol. The molecule has 1 heterocycles. The lowest BCUT2D eigenvalue weighted by atomic mass is 10.3. The van der Waals surface area contributed by atoms with Crippen molar-refractivity contribution in [3.8, 4) is 5.75 Å². The normalized spacial score (nSPS) is 11.2. The van der Waals surface area contributed by atoms with Crippen molar-refractivity contribution in [3.63, 3.8) is 0 Å². The second kappa shape index (κ2) is 4.73. The number of nitrogens with zero attached hydrogens (tertiary/aromatic N) is 2. The van der Waals surface area contributed by atoms with Gasteiger partial charge in [-0.2, -0.15) is 4.98 Å². The summed E-state index contributed by atoms with van der Waals surface area (Å²) in [5.74, 6) is 0.301. The summed E-state index contributed by atoms with van der Waals surface area (Å²) in [7, 11) is -2.28. The molecule has 100 valence electrons. The fraction of sp³-hybridized carbons (Fsp3) is 0.0909. The fourth-order valence-corrected chi connectivity index (χ4v) is 2.75. The summed E-state index contributed by atoms with van der Waals surface area (Å²) in [6.45, 7) is 0. The number of hydrogen-bond acceptors (Lipinski definition) is 7. The van der Waals surface area contributed by atoms with E-state index in [0.717, 1.165) is 6.20 Å². The Balaban J connectivity index is 2.52. The Hall–Kier alpha value is -2.35. The summed E-state index contributed by atoms with van der Waals surface area (Å²) in [6.07, 6.45) is 1.09. The molecular formula is C11H12N4O3S. The van der Waals surface area contributed by atoms with Crippen LogP contribution in [0.3, 0.4) is 0 Å². The van der Waals surface area contributed by atoms with Crippen LogP contribution in [-0.2, 0) is 9.84 Å². The number of hydrogen-bond donors (Lipinski definition) is 2. The summed E-state index contributed by atoms with van der Waals surface area (Å²) in [5.41, 5.74) is 10.9. The Kier molecular flexibility index (Phi) is 3.26. The number of methoxy groups -OCH3 is 1. The molecule has 7 nitrogen and oxygen atoms in total. The van der Waals surface area contributed by atoms with Gasteiger partial charge in [-0.25, -0.2) is 13.4 Å². The molecule has 4 N–H and O–H groups in total. The van der Waals surface area contributed by atoms with Crippen molar-refractivity contribution in [1.82, 2.24) is 9.97 Å². The molecule has 0 spiro atoms. The molecule has 0 saturated heterocycles. The van der Waals surface area contributed by atoms with Gasteiger partial charge in [-0.05, 0) is 24.3 Å². The average molecular weight is 280 g/mol. The van der Waals surface area contributed by atoms with Crippen LogP contribution in [0, 0.1) is 0 Å². The molecule has 0 aliphatic carbocycles. The summed E-state index contributed by atoms with van der Waals surface area (Å²) >= 11 is 0. The van der Waals surface area contributed by atoms with E-state index in [0.29, 0.717) is 5.75 Å². The first kappa shape index (κ1) is 13.1. The quantitative estimate of drug-likeness (QED) is 0.838. The first-order valence-corrected chi connectivity index (χ1v) is 6.70. The van der Waals surface area contributed by atoms with Gasteiger partial charge in [-0.3, -0.25) is 0 Å². The maximum absolute atomic E-state index is 12.3. The minimum atomic E-state index is -3.77. The molecule has 2 aromatic rings. The maximum Gasteiger partial charge on any atom is 0.221 e. The van der Waals surface area contributed by atoms with Crippen LogP contribution < -0.4 is 16.2 Å². The number of benzene rings is 1. The van der Waals surface area contributed by atoms with E-state index in [9.17, 15) is 8.42 Å². The molecule has 0 unspecified atom stereocenters. The molecule has 0 atom stereocenters. The standard InChI is InChI=1S/C11H12N4O3S/c1-18-7-2-4-8(5-3-7)19(16,17)9-6-14-11(13)15-10(9)12/h2-6H,1H3,(H4,12,13,14,15). The number of rotatable bonds is 3. The molecule has 0 aliphatic heterocycles. The van der Waals surface area contributed by atoms with Crippen LogP contribution in [-0.4, -0.2) is 25.5 Å². The molecule has 0 fully saturated rings. The number of anilines is 2. The highest BCUT2D eigenvalue weighted by atomic mass is 32.2. The van der Waals surface area contributed by atoms with Gasteiger partial charge in [0.2, 0.25) is 15.8 Å². The number of sulfone groups is 1. The van der Waals surface area contributed by atoms with Crippen LogP contribution in [0.5, 0.6) is 5.75 Å². The number of aromatic nitrogens is 2. The van der Waals surface area contributed by atoms with Crippen molar-refractivity contribution in [3.05, 3.63) is 30.5 Å². The SMILES string of the molecule is COc1ccc(S(=O)(=O)c2cnc(N)nc2N)cc1. The van der Waals surface area contributed by atoms with Gasteiger partial charge in [0.05, 0.1) is 18.2 Å². The lowest BCUT2D eigenvalue weighted by Crippen LogP contribution is -2.09. The molecule has 1 aromatic heterocycles. The zero-order valence-corrected chi connectivity index (χ0v) is 10.9. The van der Waals surface area contributed by atoms with E-state index in [1.54, 1.807) is 12.1 Å². The van der Waals surface area contributed by atoms with E-state index < -0.39 is 9.84 Å². The van der Waals surface area contributed by atoms with E-state index in [2.05, 4.69) is 9.97 Å². The van der Waals surface area contributed by atoms with E-state index in [1.807, 2.05) is 0 Å². The molecule has 2 rings (SSSR count). The minimum absolute atomic E-state index is 0.0772. The highest BCUT2D eigenvalue weighted by molar-refractivity contribution is 7.91. The topological polar surface area (TPSA) is 121 Å². The van der Waals surface area contributed by atoms with Crippen molar-refractivity contribution in [2.24, 2.45) is 0 Å². The van der Waals surface area contributed by atoms with Crippen LogP contribution in [0.15, 0.2) is 40.3 Å². The summed E-state index contributed by atoms with van der Waals surface area (Å²) in [6, 6.07) is 5.93. The predicted molar refractivity (Wildman–Crippen MR) is 69.3 cm³/mol. The first-order valence-electron chi connectivity index (χ1n) is 5.22. The molecular weight excluding hydrogens is 268 g/mol. The molecule has 0 amide bonds. The van der Waals surface area contributed by atoms with Gasteiger partial charge >= 0.3 is 0 Å². The third-order valence-corrected chi connectivity index (χ3v) is 4.25. The first-order chi connectivity index (χ1) is 8.95. The zero-order valence-electron chi connectivity index (χ0n) is 10.1. The molecule has 0 aliphatic rings. The Bertz CT molecular complexity index is 698. The van der Waals surface area contributed by atoms with Crippen LogP contribution in [0.4, 0.5) is 11.8 Å². The lowest BCUT2D eigenvalue weighted by Gasteiger charge is -2.07. The second-order valence-corrected chi connectivity index (χ2v) is 5.57. The highest BCUT2D eigenvalue weighted by Crippen LogP contribution is 2.25. The van der Waals surface area contributed by atoms with Gasteiger partial charge < -0.3 is 16.2 Å². The smallest absolute Gasteiger partial charge is 0.221 e. The average Bonchev–Trinajstić information content (AvgIpc) is 2.38. The number of ether oxygens (including phenoxy) is 1. The Morgan fingerprint density at radius 1 is 1.16 bits per heavy atom. The molecule has 1 aromatic carbocycles. The van der Waals surface area contributed by atoms with Crippen LogP contribution >= 0.6 is 0 Å². The molecule has 0 bridgehead atoms. The molecule has 0 saturated carbocycles. The Morgan fingerprint density at radius 3 is 2.32 bits per heavy atom. The van der Waals surface area contributed by atoms with Crippen LogP contribution in [0.1, 0.15) is 0 Å². The summed E-state index contributed by atoms with van der Waals surface area (Å²) < 4.78 is 29.6. The van der Waals surface area contributed by atoms with Crippen LogP contribution in [0.2, 0.25) is 0 Å². The van der Waals surface area contributed by atoms with Gasteiger partial charge in [-0.15, -0.1) is 0 Å². The van der Waals surface area contributed by atoms with E-state index in [1.165, 1.54) is 19.2 Å². The highest BCUT2D eigenvalue weighted by Gasteiger charge is 2.22. The summed E-state index contributed by atoms with van der Waals surface area (Å²) in [4.78, 5) is 7.19. The number of nitrogen functional groups attached to an aromatic ring is 2. The molecule has 0 radical (unpaired) electrons. The second-order valence-electron chi connectivity index (χ2n) is 3.66. The third kappa shape index (κ3) is 2.43. The van der Waals surface area contributed by atoms with E-state index >= 15 is 0 Å². The van der Waals surface area contributed by atoms with Crippen molar-refractivity contribution < 1.29 is 13.2 Å². The third-order valence-electron chi connectivity index (χ3n) is 2.46. The number of nitrogens with two attached hydrogens (primary N) is 2. The Labute approximate surface area is 110 Å². The minimum Gasteiger partial charge on any atom is -0.497 e. The van der Waals surface area contributed by atoms with Crippen molar-refractivity contribution in [1.29, 1.82) is 0 Å². The Morgan fingerprint density at radius 2 is 1.79 bits per heavy atom. The van der Waals surface area contributed by atoms with Gasteiger partial charge in [0.25, 0.3) is 0 Å². The van der Waals surface area contributed by atoms with Gasteiger partial charge in [0.15, 0.2) is 0 Å². The van der Waals surface area contributed by atoms with Crippen molar-refractivity contribution >= 4 is 21.6 Å². The fourth-order valence-electron chi connectivity index (χ4n) is 1.49. The largest absolute Gasteiger partial charge is 0.497 e. The van der Waals surface area contributed by atoms with Crippen LogP contribution in [0.25, 0.3) is 0 Å². The van der Waals surface area contributed by atoms with Gasteiger partial charge in [0, 0.05) is 0 Å². The zero-order chi connectivity index (χ0) is 14.0. The van der Waals surface area contributed by atoms with Gasteiger partial charge in [-0.1, -0.05) is 0 Å². The van der Waals surface area contributed by atoms with E-state index in [4.69, 9.17) is 16.2 Å². The molecule has 19 heavy (non-hydrogen) atoms. The van der Waals surface area contributed by atoms with Gasteiger partial charge in [0.1, 0.15) is 16.5 Å². The van der Waals surface area contributed by atoms with Crippen molar-refractivity contribution in [2.75, 3.05) is 18.6 Å². The van der Waals surface area contributed by atoms with E-state index in [-0.39, 0.29) is 21.6 Å². The van der Waals surface area contributed by atoms with Crippen molar-refractivity contribution in [2.45, 2.75) is 9.79 Å². The lowest BCUT2D eigenvalue weighted by molar-refractivity contribution is 0.414. The molecule has 8 heteroatoms. The maximum atomic E-state index is 12.3.